The molecule has 6 heteroatoms. The van der Waals surface area contributed by atoms with Crippen LogP contribution in [0.3, 0.4) is 0 Å². The third-order valence-corrected chi connectivity index (χ3v) is 1.82. The minimum atomic E-state index is -0.0540. The Morgan fingerprint density at radius 3 is 2.57 bits per heavy atom. The molecule has 0 radical (unpaired) electrons. The van der Waals surface area contributed by atoms with Gasteiger partial charge in [0.05, 0.1) is 6.54 Å². The van der Waals surface area contributed by atoms with E-state index in [-0.39, 0.29) is 24.3 Å². The summed E-state index contributed by atoms with van der Waals surface area (Å²) in [7, 11) is 0. The van der Waals surface area contributed by atoms with Gasteiger partial charge in [0, 0.05) is 0 Å². The van der Waals surface area contributed by atoms with Crippen molar-refractivity contribution in [2.75, 3.05) is 6.54 Å². The van der Waals surface area contributed by atoms with E-state index < -0.39 is 0 Å². The number of allylic oxidation sites excluding steroid dienone is 1. The van der Waals surface area contributed by atoms with Gasteiger partial charge in [-0.05, 0) is 19.3 Å². The molecule has 0 heterocycles. The van der Waals surface area contributed by atoms with E-state index in [0.29, 0.717) is 6.54 Å². The van der Waals surface area contributed by atoms with Gasteiger partial charge in [0.1, 0.15) is 0 Å². The number of hydrogen-bond donors (Lipinski definition) is 3. The molecule has 1 rings (SSSR count). The Labute approximate surface area is 89.6 Å². The third-order valence-electron chi connectivity index (χ3n) is 1.82. The zero-order valence-corrected chi connectivity index (χ0v) is 8.76. The molecule has 5 nitrogen and oxygen atoms in total. The number of guanidine groups is 2. The minimum Gasteiger partial charge on any atom is -0.370 e. The maximum atomic E-state index is 5.43. The number of halogens is 1. The van der Waals surface area contributed by atoms with E-state index >= 15 is 0 Å². The summed E-state index contributed by atoms with van der Waals surface area (Å²) in [5, 5.41) is 0. The first-order valence-corrected chi connectivity index (χ1v) is 4.26. The van der Waals surface area contributed by atoms with Gasteiger partial charge in [-0.15, -0.1) is 12.4 Å². The quantitative estimate of drug-likeness (QED) is 0.347. The van der Waals surface area contributed by atoms with Crippen LogP contribution >= 0.6 is 12.4 Å². The average molecular weight is 218 g/mol. The van der Waals surface area contributed by atoms with Gasteiger partial charge in [-0.25, -0.2) is 4.99 Å². The molecule has 0 atom stereocenters. The fourth-order valence-corrected chi connectivity index (χ4v) is 1.23. The van der Waals surface area contributed by atoms with Crippen LogP contribution in [0.2, 0.25) is 0 Å². The van der Waals surface area contributed by atoms with Crippen molar-refractivity contribution < 1.29 is 0 Å². The Bertz CT molecular complexity index is 265. The van der Waals surface area contributed by atoms with Crippen molar-refractivity contribution in [3.05, 3.63) is 11.6 Å². The first kappa shape index (κ1) is 12.8. The molecule has 0 aliphatic heterocycles. The van der Waals surface area contributed by atoms with Crippen molar-refractivity contribution in [2.24, 2.45) is 27.2 Å². The lowest BCUT2D eigenvalue weighted by molar-refractivity contribution is 0.889. The van der Waals surface area contributed by atoms with Gasteiger partial charge < -0.3 is 17.2 Å². The Kier molecular flexibility index (Phi) is 5.71. The predicted molar refractivity (Wildman–Crippen MR) is 61.5 cm³/mol. The zero-order valence-electron chi connectivity index (χ0n) is 7.94. The second kappa shape index (κ2) is 6.26. The van der Waals surface area contributed by atoms with Crippen LogP contribution in [-0.2, 0) is 0 Å². The molecule has 6 N–H and O–H groups in total. The topological polar surface area (TPSA) is 103 Å². The van der Waals surface area contributed by atoms with E-state index in [4.69, 9.17) is 17.2 Å². The second-order valence-corrected chi connectivity index (χ2v) is 2.97. The standard InChI is InChI=1S/C8H15N5.ClH/c9-7(10)13-8(11)12-5-6-3-1-2-4-6;/h3H,1-2,4-5H2,(H6,9,10,11,12,13);1H. The average Bonchev–Trinajstić information content (AvgIpc) is 2.51. The zero-order chi connectivity index (χ0) is 9.68. The number of hydrogen-bond acceptors (Lipinski definition) is 1. The minimum absolute atomic E-state index is 0. The van der Waals surface area contributed by atoms with Gasteiger partial charge >= 0.3 is 0 Å². The molecule has 0 saturated carbocycles. The van der Waals surface area contributed by atoms with Gasteiger partial charge in [0.15, 0.2) is 5.96 Å². The molecule has 0 bridgehead atoms. The maximum absolute atomic E-state index is 5.43. The van der Waals surface area contributed by atoms with Gasteiger partial charge in [-0.1, -0.05) is 11.6 Å². The largest absolute Gasteiger partial charge is 0.370 e. The summed E-state index contributed by atoms with van der Waals surface area (Å²) in [4.78, 5) is 7.64. The number of rotatable bonds is 2. The number of nitrogens with two attached hydrogens (primary N) is 3. The normalized spacial score (nSPS) is 15.7. The highest BCUT2D eigenvalue weighted by molar-refractivity contribution is 5.92. The molecule has 1 aliphatic rings. The van der Waals surface area contributed by atoms with Gasteiger partial charge in [0.2, 0.25) is 5.96 Å². The molecule has 0 aromatic heterocycles. The predicted octanol–water partition coefficient (Wildman–Crippen LogP) is 0.107. The Balaban J connectivity index is 0.00000169. The second-order valence-electron chi connectivity index (χ2n) is 2.97. The smallest absolute Gasteiger partial charge is 0.218 e. The fraction of sp³-hybridized carbons (Fsp3) is 0.500. The van der Waals surface area contributed by atoms with Crippen LogP contribution in [0, 0.1) is 0 Å². The van der Waals surface area contributed by atoms with Crippen LogP contribution in [0.15, 0.2) is 21.6 Å². The Morgan fingerprint density at radius 1 is 1.36 bits per heavy atom. The van der Waals surface area contributed by atoms with E-state index in [2.05, 4.69) is 16.1 Å². The van der Waals surface area contributed by atoms with Crippen LogP contribution in [0.5, 0.6) is 0 Å². The van der Waals surface area contributed by atoms with Crippen molar-refractivity contribution in [3.63, 3.8) is 0 Å². The summed E-state index contributed by atoms with van der Waals surface area (Å²) in [5.41, 5.74) is 17.0. The first-order chi connectivity index (χ1) is 6.18. The van der Waals surface area contributed by atoms with Crippen LogP contribution in [0.25, 0.3) is 0 Å². The number of aliphatic imine (C=N–C) groups is 2. The molecule has 14 heavy (non-hydrogen) atoms. The SMILES string of the molecule is Cl.NC(N)=NC(N)=NCC1=CCCC1. The summed E-state index contributed by atoms with van der Waals surface area (Å²) in [6, 6.07) is 0. The monoisotopic (exact) mass is 217 g/mol. The van der Waals surface area contributed by atoms with E-state index in [0.717, 1.165) is 12.8 Å². The molecular weight excluding hydrogens is 202 g/mol. The van der Waals surface area contributed by atoms with Crippen molar-refractivity contribution >= 4 is 24.3 Å². The molecular formula is C8H16ClN5. The lowest BCUT2D eigenvalue weighted by atomic mass is 10.2. The highest BCUT2D eigenvalue weighted by Crippen LogP contribution is 2.17. The number of nitrogens with zero attached hydrogens (tertiary/aromatic N) is 2. The first-order valence-electron chi connectivity index (χ1n) is 4.26. The summed E-state index contributed by atoms with van der Waals surface area (Å²) in [6.45, 7) is 0.614. The van der Waals surface area contributed by atoms with Gasteiger partial charge in [0.25, 0.3) is 0 Å². The lowest BCUT2D eigenvalue weighted by Crippen LogP contribution is -2.26. The van der Waals surface area contributed by atoms with Crippen LogP contribution in [-0.4, -0.2) is 18.5 Å². The van der Waals surface area contributed by atoms with Crippen molar-refractivity contribution in [1.29, 1.82) is 0 Å². The third kappa shape index (κ3) is 4.71. The van der Waals surface area contributed by atoms with E-state index in [1.165, 1.54) is 12.0 Å². The van der Waals surface area contributed by atoms with Crippen molar-refractivity contribution in [1.82, 2.24) is 0 Å². The molecule has 0 fully saturated rings. The fourth-order valence-electron chi connectivity index (χ4n) is 1.23. The molecule has 80 valence electrons. The van der Waals surface area contributed by atoms with Crippen molar-refractivity contribution in [3.8, 4) is 0 Å². The Hall–Kier alpha value is -1.23. The molecule has 1 aliphatic carbocycles. The molecule has 0 amide bonds. The van der Waals surface area contributed by atoms with Crippen LogP contribution in [0.4, 0.5) is 0 Å². The molecule has 0 saturated heterocycles. The van der Waals surface area contributed by atoms with Crippen LogP contribution in [0.1, 0.15) is 19.3 Å². The summed E-state index contributed by atoms with van der Waals surface area (Å²) < 4.78 is 0. The van der Waals surface area contributed by atoms with Crippen molar-refractivity contribution in [2.45, 2.75) is 19.3 Å². The van der Waals surface area contributed by atoms with Crippen LogP contribution < -0.4 is 17.2 Å². The summed E-state index contributed by atoms with van der Waals surface area (Å²) in [5.74, 6) is 0.0921. The van der Waals surface area contributed by atoms with E-state index in [9.17, 15) is 0 Å². The van der Waals surface area contributed by atoms with E-state index in [1.807, 2.05) is 0 Å². The highest BCUT2D eigenvalue weighted by atomic mass is 35.5. The Morgan fingerprint density at radius 2 is 2.07 bits per heavy atom. The van der Waals surface area contributed by atoms with Gasteiger partial charge in [-0.3, -0.25) is 0 Å². The maximum Gasteiger partial charge on any atom is 0.218 e. The molecule has 0 aromatic rings. The van der Waals surface area contributed by atoms with Gasteiger partial charge in [-0.2, -0.15) is 4.99 Å². The van der Waals surface area contributed by atoms with E-state index in [1.54, 1.807) is 0 Å². The molecule has 0 aromatic carbocycles. The molecule has 0 spiro atoms. The molecule has 0 unspecified atom stereocenters. The summed E-state index contributed by atoms with van der Waals surface area (Å²) in [6.07, 6.45) is 5.66. The lowest BCUT2D eigenvalue weighted by Gasteiger charge is -1.96. The summed E-state index contributed by atoms with van der Waals surface area (Å²) >= 11 is 0. The highest BCUT2D eigenvalue weighted by Gasteiger charge is 2.02.